The number of fused-ring (bicyclic) bond motifs is 3. The van der Waals surface area contributed by atoms with E-state index in [1.165, 1.54) is 18.7 Å². The fourth-order valence-electron chi connectivity index (χ4n) is 3.43. The molecule has 3 aliphatic rings. The van der Waals surface area contributed by atoms with Gasteiger partial charge in [-0.1, -0.05) is 12.1 Å². The number of nitrogens with zero attached hydrogens (tertiary/aromatic N) is 2. The van der Waals surface area contributed by atoms with Crippen molar-refractivity contribution >= 4 is 0 Å². The molecule has 3 fully saturated rings. The van der Waals surface area contributed by atoms with Gasteiger partial charge in [0.1, 0.15) is 5.75 Å². The zero-order valence-corrected chi connectivity index (χ0v) is 13.0. The summed E-state index contributed by atoms with van der Waals surface area (Å²) in [4.78, 5) is 5.09. The van der Waals surface area contributed by atoms with Crippen molar-refractivity contribution in [2.45, 2.75) is 32.0 Å². The van der Waals surface area contributed by atoms with Crippen LogP contribution in [0.15, 0.2) is 24.3 Å². The van der Waals surface area contributed by atoms with E-state index >= 15 is 0 Å². The van der Waals surface area contributed by atoms with Gasteiger partial charge < -0.3 is 4.74 Å². The van der Waals surface area contributed by atoms with Gasteiger partial charge in [-0.3, -0.25) is 21.1 Å². The molecule has 5 heteroatoms. The summed E-state index contributed by atoms with van der Waals surface area (Å²) < 4.78 is 5.71. The van der Waals surface area contributed by atoms with Crippen LogP contribution in [0.5, 0.6) is 5.75 Å². The molecule has 0 saturated carbocycles. The highest BCUT2D eigenvalue weighted by Crippen LogP contribution is 2.28. The highest BCUT2D eigenvalue weighted by atomic mass is 16.5. The van der Waals surface area contributed by atoms with E-state index in [1.54, 1.807) is 0 Å². The van der Waals surface area contributed by atoms with Gasteiger partial charge in [0, 0.05) is 38.8 Å². The number of nitrogens with one attached hydrogen (secondary N) is 1. The summed E-state index contributed by atoms with van der Waals surface area (Å²) in [7, 11) is 0. The first-order chi connectivity index (χ1) is 10.2. The number of piperazine rings is 3. The average molecular weight is 290 g/mol. The van der Waals surface area contributed by atoms with Crippen molar-refractivity contribution in [1.82, 2.24) is 15.2 Å². The van der Waals surface area contributed by atoms with E-state index in [2.05, 4.69) is 27.4 Å². The zero-order valence-electron chi connectivity index (χ0n) is 13.0. The van der Waals surface area contributed by atoms with Gasteiger partial charge in [-0.15, -0.1) is 0 Å². The Morgan fingerprint density at radius 3 is 2.29 bits per heavy atom. The van der Waals surface area contributed by atoms with Gasteiger partial charge in [-0.25, -0.2) is 0 Å². The van der Waals surface area contributed by atoms with Crippen LogP contribution in [0.2, 0.25) is 0 Å². The molecule has 3 N–H and O–H groups in total. The summed E-state index contributed by atoms with van der Waals surface area (Å²) in [5, 5.41) is 0. The van der Waals surface area contributed by atoms with Crippen molar-refractivity contribution in [3.05, 3.63) is 29.8 Å². The van der Waals surface area contributed by atoms with Crippen molar-refractivity contribution in [2.75, 3.05) is 32.7 Å². The molecular weight excluding hydrogens is 264 g/mol. The minimum absolute atomic E-state index is 0.168. The van der Waals surface area contributed by atoms with Gasteiger partial charge in [0.05, 0.1) is 12.1 Å². The van der Waals surface area contributed by atoms with E-state index in [4.69, 9.17) is 10.6 Å². The number of rotatable bonds is 5. The van der Waals surface area contributed by atoms with E-state index < -0.39 is 0 Å². The largest absolute Gasteiger partial charge is 0.491 e. The molecular formula is C16H26N4O. The lowest BCUT2D eigenvalue weighted by molar-refractivity contribution is -0.00370. The normalized spacial score (nSPS) is 29.6. The first kappa shape index (κ1) is 14.8. The summed E-state index contributed by atoms with van der Waals surface area (Å²) in [5.74, 6) is 6.78. The fourth-order valence-corrected chi connectivity index (χ4v) is 3.43. The van der Waals surface area contributed by atoms with Gasteiger partial charge >= 0.3 is 0 Å². The van der Waals surface area contributed by atoms with Crippen molar-refractivity contribution in [3.8, 4) is 5.75 Å². The number of ether oxygens (including phenoxy) is 1. The smallest absolute Gasteiger partial charge is 0.119 e. The van der Waals surface area contributed by atoms with E-state index in [0.29, 0.717) is 6.04 Å². The average Bonchev–Trinajstić information content (AvgIpc) is 2.50. The van der Waals surface area contributed by atoms with Gasteiger partial charge in [0.2, 0.25) is 0 Å². The van der Waals surface area contributed by atoms with Gasteiger partial charge in [-0.2, -0.15) is 0 Å². The first-order valence-electron chi connectivity index (χ1n) is 7.86. The van der Waals surface area contributed by atoms with E-state index in [0.717, 1.165) is 25.4 Å². The lowest BCUT2D eigenvalue weighted by Crippen LogP contribution is -2.64. The summed E-state index contributed by atoms with van der Waals surface area (Å²) in [6.45, 7) is 9.86. The predicted molar refractivity (Wildman–Crippen MR) is 84.1 cm³/mol. The molecule has 5 nitrogen and oxygen atoms in total. The quantitative estimate of drug-likeness (QED) is 0.625. The second kappa shape index (κ2) is 6.32. The third-order valence-electron chi connectivity index (χ3n) is 4.50. The minimum Gasteiger partial charge on any atom is -0.491 e. The van der Waals surface area contributed by atoms with Crippen LogP contribution in [0.3, 0.4) is 0 Å². The monoisotopic (exact) mass is 290 g/mol. The molecule has 21 heavy (non-hydrogen) atoms. The van der Waals surface area contributed by atoms with Crippen LogP contribution >= 0.6 is 0 Å². The third kappa shape index (κ3) is 3.21. The minimum atomic E-state index is 0.168. The predicted octanol–water partition coefficient (Wildman–Crippen LogP) is 0.978. The first-order valence-corrected chi connectivity index (χ1v) is 7.86. The summed E-state index contributed by atoms with van der Waals surface area (Å²) in [6.07, 6.45) is 0.201. The molecule has 0 aromatic heterocycles. The Morgan fingerprint density at radius 1 is 1.14 bits per heavy atom. The Balaban J connectivity index is 1.74. The maximum atomic E-state index is 5.86. The number of nitrogens with two attached hydrogens (primary N) is 1. The molecule has 0 aliphatic carbocycles. The second-order valence-electron chi connectivity index (χ2n) is 6.28. The van der Waals surface area contributed by atoms with Crippen molar-refractivity contribution in [3.63, 3.8) is 0 Å². The maximum Gasteiger partial charge on any atom is 0.119 e. The number of hydrogen-bond acceptors (Lipinski definition) is 5. The van der Waals surface area contributed by atoms with Crippen LogP contribution in [0.1, 0.15) is 25.5 Å². The van der Waals surface area contributed by atoms with Crippen molar-refractivity contribution in [1.29, 1.82) is 0 Å². The molecule has 2 atom stereocenters. The summed E-state index contributed by atoms with van der Waals surface area (Å²) >= 11 is 0. The van der Waals surface area contributed by atoms with Crippen LogP contribution in [-0.4, -0.2) is 54.7 Å². The van der Waals surface area contributed by atoms with E-state index in [9.17, 15) is 0 Å². The molecule has 1 aromatic rings. The maximum absolute atomic E-state index is 5.86. The molecule has 0 spiro atoms. The Labute approximate surface area is 127 Å². The molecule has 3 saturated heterocycles. The molecule has 4 rings (SSSR count). The number of hydrogen-bond donors (Lipinski definition) is 2. The standard InChI is InChI=1S/C16H26N4O/c1-12(2)21-14-5-3-13(4-6-14)16(18-17)15-11-19-7-9-20(15)10-8-19/h3-6,12,15-16,18H,7-11,17H2,1-2H3. The molecule has 1 aromatic carbocycles. The SMILES string of the molecule is CC(C)Oc1ccc(C(NN)C2CN3CCN2CC3)cc1. The van der Waals surface area contributed by atoms with E-state index in [-0.39, 0.29) is 12.1 Å². The molecule has 2 bridgehead atoms. The van der Waals surface area contributed by atoms with Gasteiger partial charge in [-0.05, 0) is 31.5 Å². The molecule has 0 amide bonds. The Kier molecular flexibility index (Phi) is 4.45. The lowest BCUT2D eigenvalue weighted by Gasteiger charge is -2.50. The Hall–Kier alpha value is -1.14. The van der Waals surface area contributed by atoms with Crippen molar-refractivity contribution in [2.24, 2.45) is 5.84 Å². The van der Waals surface area contributed by atoms with Crippen LogP contribution in [-0.2, 0) is 0 Å². The van der Waals surface area contributed by atoms with Gasteiger partial charge in [0.15, 0.2) is 0 Å². The van der Waals surface area contributed by atoms with Crippen LogP contribution in [0.4, 0.5) is 0 Å². The number of benzene rings is 1. The summed E-state index contributed by atoms with van der Waals surface area (Å²) in [5.41, 5.74) is 4.25. The van der Waals surface area contributed by atoms with E-state index in [1.807, 2.05) is 26.0 Å². The highest BCUT2D eigenvalue weighted by Gasteiger charge is 2.36. The molecule has 0 radical (unpaired) electrons. The third-order valence-corrected chi connectivity index (χ3v) is 4.50. The molecule has 3 aliphatic heterocycles. The number of hydrazine groups is 1. The topological polar surface area (TPSA) is 53.8 Å². The van der Waals surface area contributed by atoms with Crippen LogP contribution in [0.25, 0.3) is 0 Å². The molecule has 2 unspecified atom stereocenters. The molecule has 3 heterocycles. The summed E-state index contributed by atoms with van der Waals surface area (Å²) in [6, 6.07) is 8.95. The molecule has 116 valence electrons. The fraction of sp³-hybridized carbons (Fsp3) is 0.625. The van der Waals surface area contributed by atoms with Crippen LogP contribution < -0.4 is 16.0 Å². The zero-order chi connectivity index (χ0) is 14.8. The van der Waals surface area contributed by atoms with Gasteiger partial charge in [0.25, 0.3) is 0 Å². The second-order valence-corrected chi connectivity index (χ2v) is 6.28. The van der Waals surface area contributed by atoms with Crippen molar-refractivity contribution < 1.29 is 4.74 Å². The lowest BCUT2D eigenvalue weighted by atomic mass is 9.94. The van der Waals surface area contributed by atoms with Crippen LogP contribution in [0, 0.1) is 0 Å². The Bertz CT molecular complexity index is 454. The highest BCUT2D eigenvalue weighted by molar-refractivity contribution is 5.30. The Morgan fingerprint density at radius 2 is 1.81 bits per heavy atom.